The molecule has 18 heavy (non-hydrogen) atoms. The van der Waals surface area contributed by atoms with E-state index in [0.717, 1.165) is 19.4 Å². The number of nitrogens with zero attached hydrogens (tertiary/aromatic N) is 2. The zero-order valence-corrected chi connectivity index (χ0v) is 11.9. The van der Waals surface area contributed by atoms with Crippen LogP contribution < -0.4 is 16.8 Å². The molecule has 0 rings (SSSR count). The van der Waals surface area contributed by atoms with Gasteiger partial charge in [-0.15, -0.1) is 0 Å². The second kappa shape index (κ2) is 12.2. The third-order valence-electron chi connectivity index (χ3n) is 2.56. The van der Waals surface area contributed by atoms with E-state index in [1.54, 1.807) is 0 Å². The number of nitrogens with two attached hydrogens (primary N) is 2. The molecule has 5 N–H and O–H groups in total. The lowest BCUT2D eigenvalue weighted by Crippen LogP contribution is -2.41. The summed E-state index contributed by atoms with van der Waals surface area (Å²) in [4.78, 5) is 8.30. The van der Waals surface area contributed by atoms with Crippen LogP contribution in [-0.4, -0.2) is 25.0 Å². The Balaban J connectivity index is 3.58. The molecule has 0 aromatic heterocycles. The summed E-state index contributed by atoms with van der Waals surface area (Å²) in [5.74, 6) is 0.710. The molecule has 0 aliphatic carbocycles. The Morgan fingerprint density at radius 1 is 0.778 bits per heavy atom. The Morgan fingerprint density at radius 2 is 1.33 bits per heavy atom. The Kier molecular flexibility index (Phi) is 11.3. The minimum Gasteiger partial charge on any atom is -0.370 e. The van der Waals surface area contributed by atoms with Gasteiger partial charge in [0.25, 0.3) is 0 Å². The fraction of sp³-hybridized carbons (Fsp3) is 0.846. The van der Waals surface area contributed by atoms with E-state index in [2.05, 4.69) is 22.2 Å². The summed E-state index contributed by atoms with van der Waals surface area (Å²) < 4.78 is 0. The number of aliphatic imine (C=N–C) groups is 2. The lowest BCUT2D eigenvalue weighted by molar-refractivity contribution is 0.612. The maximum Gasteiger partial charge on any atom is 0.195 e. The largest absolute Gasteiger partial charge is 0.370 e. The van der Waals surface area contributed by atoms with Crippen molar-refractivity contribution in [3.8, 4) is 0 Å². The number of nitrogens with one attached hydrogen (secondary N) is 1. The highest BCUT2D eigenvalue weighted by Gasteiger charge is 1.94. The normalized spacial score (nSPS) is 12.8. The first-order valence-corrected chi connectivity index (χ1v) is 7.07. The molecule has 0 saturated heterocycles. The Hall–Kier alpha value is -1.26. The highest BCUT2D eigenvalue weighted by atomic mass is 15.2. The van der Waals surface area contributed by atoms with Crippen molar-refractivity contribution >= 4 is 11.9 Å². The van der Waals surface area contributed by atoms with E-state index in [4.69, 9.17) is 11.5 Å². The van der Waals surface area contributed by atoms with Crippen LogP contribution in [-0.2, 0) is 0 Å². The zero-order valence-electron chi connectivity index (χ0n) is 11.9. The van der Waals surface area contributed by atoms with Gasteiger partial charge in [-0.05, 0) is 12.8 Å². The van der Waals surface area contributed by atoms with Crippen LogP contribution in [0.5, 0.6) is 0 Å². The van der Waals surface area contributed by atoms with Crippen LogP contribution in [0.15, 0.2) is 9.98 Å². The molecular weight excluding hydrogens is 226 g/mol. The first-order valence-electron chi connectivity index (χ1n) is 7.07. The van der Waals surface area contributed by atoms with Gasteiger partial charge in [0, 0.05) is 13.1 Å². The fourth-order valence-corrected chi connectivity index (χ4v) is 1.53. The number of guanidine groups is 2. The predicted molar refractivity (Wildman–Crippen MR) is 79.8 cm³/mol. The molecule has 0 spiro atoms. The highest BCUT2D eigenvalue weighted by Crippen LogP contribution is 2.04. The van der Waals surface area contributed by atoms with Crippen molar-refractivity contribution in [2.75, 3.05) is 13.1 Å². The molecule has 0 radical (unpaired) electrons. The molecule has 0 amide bonds. The van der Waals surface area contributed by atoms with Crippen LogP contribution >= 0.6 is 0 Å². The van der Waals surface area contributed by atoms with Crippen LogP contribution in [0, 0.1) is 0 Å². The molecule has 0 aliphatic rings. The van der Waals surface area contributed by atoms with Crippen LogP contribution in [0.2, 0.25) is 0 Å². The van der Waals surface area contributed by atoms with E-state index in [0.29, 0.717) is 18.5 Å². The van der Waals surface area contributed by atoms with E-state index < -0.39 is 0 Å². The van der Waals surface area contributed by atoms with Gasteiger partial charge >= 0.3 is 0 Å². The van der Waals surface area contributed by atoms with E-state index in [1.165, 1.54) is 32.1 Å². The van der Waals surface area contributed by atoms with E-state index in [-0.39, 0.29) is 0 Å². The van der Waals surface area contributed by atoms with Crippen molar-refractivity contribution in [3.05, 3.63) is 0 Å². The Morgan fingerprint density at radius 3 is 1.94 bits per heavy atom. The molecule has 0 aliphatic heterocycles. The first-order chi connectivity index (χ1) is 8.70. The Bertz CT molecular complexity index is 248. The lowest BCUT2D eigenvalue weighted by atomic mass is 10.1. The minimum absolute atomic E-state index is 0.348. The maximum atomic E-state index is 5.69. The summed E-state index contributed by atoms with van der Waals surface area (Å²) in [5.41, 5.74) is 11.3. The average Bonchev–Trinajstić information content (AvgIpc) is 2.35. The summed E-state index contributed by atoms with van der Waals surface area (Å²) in [6.07, 6.45) is 8.50. The van der Waals surface area contributed by atoms with Gasteiger partial charge in [-0.2, -0.15) is 0 Å². The number of unbranched alkanes of at least 4 members (excludes halogenated alkanes) is 5. The highest BCUT2D eigenvalue weighted by molar-refractivity contribution is 5.96. The monoisotopic (exact) mass is 255 g/mol. The molecule has 0 aromatic carbocycles. The van der Waals surface area contributed by atoms with Crippen molar-refractivity contribution in [2.45, 2.75) is 58.8 Å². The SMILES string of the molecule is CCCCCCCCN=C(N)NC(N)=NCCC. The van der Waals surface area contributed by atoms with Gasteiger partial charge in [0.15, 0.2) is 11.9 Å². The molecule has 0 bridgehead atoms. The molecule has 106 valence electrons. The van der Waals surface area contributed by atoms with Gasteiger partial charge in [0.2, 0.25) is 0 Å². The van der Waals surface area contributed by atoms with Gasteiger partial charge in [-0.3, -0.25) is 15.3 Å². The molecule has 0 aromatic rings. The number of hydrogen-bond donors (Lipinski definition) is 3. The van der Waals surface area contributed by atoms with Gasteiger partial charge in [-0.1, -0.05) is 46.0 Å². The van der Waals surface area contributed by atoms with Crippen molar-refractivity contribution in [2.24, 2.45) is 21.5 Å². The number of hydrogen-bond acceptors (Lipinski definition) is 2. The van der Waals surface area contributed by atoms with E-state index in [1.807, 2.05) is 6.92 Å². The van der Waals surface area contributed by atoms with Crippen LogP contribution in [0.25, 0.3) is 0 Å². The molecule has 0 saturated carbocycles. The standard InChI is InChI=1S/C13H29N5/c1-3-5-6-7-8-9-11-17-13(15)18-12(14)16-10-4-2/h3-11H2,1-2H3,(H5,14,15,16,17,18). The molecule has 0 atom stereocenters. The van der Waals surface area contributed by atoms with Crippen molar-refractivity contribution in [3.63, 3.8) is 0 Å². The second-order valence-electron chi connectivity index (χ2n) is 4.43. The molecule has 5 heteroatoms. The third kappa shape index (κ3) is 11.2. The topological polar surface area (TPSA) is 88.8 Å². The van der Waals surface area contributed by atoms with Crippen LogP contribution in [0.1, 0.15) is 58.8 Å². The summed E-state index contributed by atoms with van der Waals surface area (Å²) in [7, 11) is 0. The van der Waals surface area contributed by atoms with Gasteiger partial charge < -0.3 is 11.5 Å². The maximum absolute atomic E-state index is 5.69. The predicted octanol–water partition coefficient (Wildman–Crippen LogP) is 1.98. The van der Waals surface area contributed by atoms with Crippen LogP contribution in [0.3, 0.4) is 0 Å². The summed E-state index contributed by atoms with van der Waals surface area (Å²) in [6, 6.07) is 0. The lowest BCUT2D eigenvalue weighted by Gasteiger charge is -2.04. The first kappa shape index (κ1) is 16.7. The van der Waals surface area contributed by atoms with Crippen LogP contribution in [0.4, 0.5) is 0 Å². The minimum atomic E-state index is 0.348. The van der Waals surface area contributed by atoms with Crippen molar-refractivity contribution < 1.29 is 0 Å². The summed E-state index contributed by atoms with van der Waals surface area (Å²) in [6.45, 7) is 5.74. The van der Waals surface area contributed by atoms with E-state index >= 15 is 0 Å². The van der Waals surface area contributed by atoms with Crippen molar-refractivity contribution in [1.82, 2.24) is 5.32 Å². The molecule has 5 nitrogen and oxygen atoms in total. The van der Waals surface area contributed by atoms with E-state index in [9.17, 15) is 0 Å². The zero-order chi connectivity index (χ0) is 13.6. The molecule has 0 fully saturated rings. The van der Waals surface area contributed by atoms with Gasteiger partial charge in [-0.25, -0.2) is 0 Å². The molecule has 0 heterocycles. The van der Waals surface area contributed by atoms with Gasteiger partial charge in [0.05, 0.1) is 0 Å². The summed E-state index contributed by atoms with van der Waals surface area (Å²) >= 11 is 0. The van der Waals surface area contributed by atoms with Gasteiger partial charge in [0.1, 0.15) is 0 Å². The third-order valence-corrected chi connectivity index (χ3v) is 2.56. The smallest absolute Gasteiger partial charge is 0.195 e. The average molecular weight is 255 g/mol. The fourth-order valence-electron chi connectivity index (χ4n) is 1.53. The molecular formula is C13H29N5. The quantitative estimate of drug-likeness (QED) is 0.334. The summed E-state index contributed by atoms with van der Waals surface area (Å²) in [5, 5.41) is 2.78. The second-order valence-corrected chi connectivity index (χ2v) is 4.43. The number of rotatable bonds is 9. The molecule has 0 unspecified atom stereocenters. The Labute approximate surface area is 111 Å². The van der Waals surface area contributed by atoms with Crippen molar-refractivity contribution in [1.29, 1.82) is 0 Å².